The van der Waals surface area contributed by atoms with Crippen LogP contribution >= 0.6 is 0 Å². The van der Waals surface area contributed by atoms with Crippen molar-refractivity contribution < 1.29 is 4.42 Å². The van der Waals surface area contributed by atoms with Crippen molar-refractivity contribution in [2.75, 3.05) is 13.1 Å². The van der Waals surface area contributed by atoms with E-state index in [0.29, 0.717) is 5.58 Å². The Morgan fingerprint density at radius 2 is 2.28 bits per heavy atom. The lowest BCUT2D eigenvalue weighted by Crippen LogP contribution is -2.26. The molecule has 0 spiro atoms. The molecule has 2 N–H and O–H groups in total. The number of aromatic nitrogens is 4. The van der Waals surface area contributed by atoms with Gasteiger partial charge in [-0.15, -0.1) is 0 Å². The fourth-order valence-corrected chi connectivity index (χ4v) is 4.88. The van der Waals surface area contributed by atoms with Gasteiger partial charge in [0.1, 0.15) is 17.1 Å². The number of aromatic amines is 2. The van der Waals surface area contributed by atoms with Gasteiger partial charge in [0.2, 0.25) is 5.58 Å². The molecule has 25 heavy (non-hydrogen) atoms. The Bertz CT molecular complexity index is 1050. The largest absolute Gasteiger partial charge is 0.448 e. The monoisotopic (exact) mass is 337 g/mol. The molecule has 7 nitrogen and oxygen atoms in total. The maximum Gasteiger partial charge on any atom is 0.294 e. The smallest absolute Gasteiger partial charge is 0.294 e. The SMILES string of the molecule is O=c1[nH]c(C2CC3CCN2C3)nc2c3c(oc12)-c1c[nH]nc1CCC3. The number of furan rings is 1. The second kappa shape index (κ2) is 4.82. The van der Waals surface area contributed by atoms with Crippen molar-refractivity contribution in [2.24, 2.45) is 5.92 Å². The molecule has 0 amide bonds. The fourth-order valence-electron chi connectivity index (χ4n) is 4.88. The van der Waals surface area contributed by atoms with E-state index in [4.69, 9.17) is 9.40 Å². The molecule has 3 aromatic heterocycles. The first-order chi connectivity index (χ1) is 12.3. The van der Waals surface area contributed by atoms with Gasteiger partial charge in [0.05, 0.1) is 17.3 Å². The number of nitrogens with one attached hydrogen (secondary N) is 2. The van der Waals surface area contributed by atoms with E-state index in [1.165, 1.54) is 6.42 Å². The summed E-state index contributed by atoms with van der Waals surface area (Å²) in [5.74, 6) is 2.32. The third kappa shape index (κ3) is 1.87. The first-order valence-corrected chi connectivity index (χ1v) is 9.10. The third-order valence-electron chi connectivity index (χ3n) is 6.09. The van der Waals surface area contributed by atoms with E-state index >= 15 is 0 Å². The standard InChI is InChI=1S/C18H19N5O2/c24-18-16-14(20-17(21-18)13-6-9-4-5-23(13)8-9)10-2-1-3-12-11(7-19-22-12)15(10)25-16/h7,9,13H,1-6,8H2,(H,19,22)(H,20,21,24). The summed E-state index contributed by atoms with van der Waals surface area (Å²) in [6.45, 7) is 2.24. The minimum Gasteiger partial charge on any atom is -0.448 e. The average Bonchev–Trinajstić information content (AvgIpc) is 3.37. The zero-order valence-corrected chi connectivity index (χ0v) is 13.8. The van der Waals surface area contributed by atoms with E-state index in [-0.39, 0.29) is 11.6 Å². The molecule has 3 aromatic rings. The number of aryl methyl sites for hydroxylation is 2. The van der Waals surface area contributed by atoms with Crippen LogP contribution in [0.2, 0.25) is 0 Å². The predicted molar refractivity (Wildman–Crippen MR) is 91.3 cm³/mol. The Morgan fingerprint density at radius 3 is 3.12 bits per heavy atom. The van der Waals surface area contributed by atoms with Gasteiger partial charge in [-0.25, -0.2) is 4.98 Å². The number of hydrogen-bond donors (Lipinski definition) is 2. The lowest BCUT2D eigenvalue weighted by atomic mass is 10.00. The number of H-pyrrole nitrogens is 2. The summed E-state index contributed by atoms with van der Waals surface area (Å²) in [4.78, 5) is 23.0. The lowest BCUT2D eigenvalue weighted by Gasteiger charge is -2.23. The highest BCUT2D eigenvalue weighted by molar-refractivity contribution is 5.85. The first kappa shape index (κ1) is 13.8. The van der Waals surface area contributed by atoms with Gasteiger partial charge in [-0.1, -0.05) is 0 Å². The van der Waals surface area contributed by atoms with Crippen molar-refractivity contribution in [1.82, 2.24) is 25.1 Å². The fraction of sp³-hybridized carbons (Fsp3) is 0.500. The topological polar surface area (TPSA) is 90.8 Å². The van der Waals surface area contributed by atoms with Crippen LogP contribution in [0.1, 0.15) is 42.4 Å². The number of fused-ring (bicyclic) bond motifs is 7. The van der Waals surface area contributed by atoms with E-state index in [1.807, 2.05) is 6.20 Å². The van der Waals surface area contributed by atoms with Crippen molar-refractivity contribution in [3.63, 3.8) is 0 Å². The van der Waals surface area contributed by atoms with Crippen molar-refractivity contribution in [1.29, 1.82) is 0 Å². The van der Waals surface area contributed by atoms with Crippen LogP contribution in [0.15, 0.2) is 15.4 Å². The minimum atomic E-state index is -0.165. The molecule has 0 saturated carbocycles. The zero-order chi connectivity index (χ0) is 16.5. The maximum atomic E-state index is 12.7. The second-order valence-electron chi connectivity index (χ2n) is 7.54. The van der Waals surface area contributed by atoms with Gasteiger partial charge >= 0.3 is 0 Å². The molecule has 3 aliphatic rings. The zero-order valence-electron chi connectivity index (χ0n) is 13.8. The number of nitrogens with zero attached hydrogens (tertiary/aromatic N) is 3. The van der Waals surface area contributed by atoms with Crippen molar-refractivity contribution in [3.8, 4) is 11.3 Å². The Balaban J connectivity index is 1.56. The minimum absolute atomic E-state index is 0.165. The third-order valence-corrected chi connectivity index (χ3v) is 6.09. The van der Waals surface area contributed by atoms with E-state index in [2.05, 4.69) is 20.1 Å². The van der Waals surface area contributed by atoms with Crippen LogP contribution in [0.4, 0.5) is 0 Å². The first-order valence-electron chi connectivity index (χ1n) is 9.10. The van der Waals surface area contributed by atoms with E-state index in [9.17, 15) is 4.79 Å². The Morgan fingerprint density at radius 1 is 1.32 bits per heavy atom. The second-order valence-corrected chi connectivity index (χ2v) is 7.54. The highest BCUT2D eigenvalue weighted by Crippen LogP contribution is 2.42. The summed E-state index contributed by atoms with van der Waals surface area (Å²) < 4.78 is 5.99. The van der Waals surface area contributed by atoms with Crippen LogP contribution < -0.4 is 5.56 Å². The molecule has 2 aliphatic heterocycles. The van der Waals surface area contributed by atoms with E-state index in [1.54, 1.807) is 0 Å². The van der Waals surface area contributed by atoms with Crippen LogP contribution in [0.5, 0.6) is 0 Å². The van der Waals surface area contributed by atoms with Gasteiger partial charge in [-0.3, -0.25) is 14.8 Å². The normalized spacial score (nSPS) is 27.4. The molecule has 3 atom stereocenters. The van der Waals surface area contributed by atoms with Gasteiger partial charge in [-0.2, -0.15) is 5.10 Å². The summed E-state index contributed by atoms with van der Waals surface area (Å²) in [5.41, 5.74) is 3.96. The molecule has 6 rings (SSSR count). The van der Waals surface area contributed by atoms with Gasteiger partial charge < -0.3 is 9.40 Å². The maximum absolute atomic E-state index is 12.7. The summed E-state index contributed by atoms with van der Waals surface area (Å²) in [6.07, 6.45) is 7.00. The van der Waals surface area contributed by atoms with Gasteiger partial charge in [-0.05, 0) is 44.6 Å². The van der Waals surface area contributed by atoms with Gasteiger partial charge in [0.15, 0.2) is 0 Å². The summed E-state index contributed by atoms with van der Waals surface area (Å²) in [7, 11) is 0. The molecule has 0 aromatic carbocycles. The molecule has 128 valence electrons. The molecule has 2 fully saturated rings. The molecular weight excluding hydrogens is 318 g/mol. The average molecular weight is 337 g/mol. The lowest BCUT2D eigenvalue weighted by molar-refractivity contribution is 0.256. The Kier molecular flexibility index (Phi) is 2.67. The van der Waals surface area contributed by atoms with E-state index in [0.717, 1.165) is 78.6 Å². The van der Waals surface area contributed by atoms with Gasteiger partial charge in [0.25, 0.3) is 5.56 Å². The molecule has 5 heterocycles. The molecule has 2 bridgehead atoms. The summed E-state index contributed by atoms with van der Waals surface area (Å²) in [6, 6.07) is 0.247. The number of hydrogen-bond acceptors (Lipinski definition) is 5. The predicted octanol–water partition coefficient (Wildman–Crippen LogP) is 2.16. The Hall–Kier alpha value is -2.41. The van der Waals surface area contributed by atoms with Crippen LogP contribution in [-0.4, -0.2) is 38.2 Å². The number of rotatable bonds is 1. The molecule has 3 unspecified atom stereocenters. The van der Waals surface area contributed by atoms with Gasteiger partial charge in [0, 0.05) is 18.3 Å². The van der Waals surface area contributed by atoms with Crippen molar-refractivity contribution >= 4 is 11.1 Å². The van der Waals surface area contributed by atoms with Crippen molar-refractivity contribution in [2.45, 2.75) is 38.1 Å². The van der Waals surface area contributed by atoms with Crippen LogP contribution in [0, 0.1) is 5.92 Å². The van der Waals surface area contributed by atoms with Crippen LogP contribution in [0.3, 0.4) is 0 Å². The molecule has 0 radical (unpaired) electrons. The quantitative estimate of drug-likeness (QED) is 0.710. The van der Waals surface area contributed by atoms with Crippen LogP contribution in [0.25, 0.3) is 22.4 Å². The highest BCUT2D eigenvalue weighted by Gasteiger charge is 2.40. The Labute approximate surface area is 143 Å². The number of piperidine rings is 1. The highest BCUT2D eigenvalue weighted by atomic mass is 16.3. The molecular formula is C18H19N5O2. The molecule has 7 heteroatoms. The molecule has 2 saturated heterocycles. The van der Waals surface area contributed by atoms with E-state index < -0.39 is 0 Å². The summed E-state index contributed by atoms with van der Waals surface area (Å²) in [5, 5.41) is 7.24. The van der Waals surface area contributed by atoms with Crippen LogP contribution in [-0.2, 0) is 12.8 Å². The summed E-state index contributed by atoms with van der Waals surface area (Å²) >= 11 is 0. The van der Waals surface area contributed by atoms with Crippen molar-refractivity contribution in [3.05, 3.63) is 33.6 Å². The molecule has 1 aliphatic carbocycles.